The third kappa shape index (κ3) is 4.63. The lowest BCUT2D eigenvalue weighted by Gasteiger charge is -2.16. The Morgan fingerprint density at radius 3 is 2.62 bits per heavy atom. The number of nitrogens with one attached hydrogen (secondary N) is 1. The fourth-order valence-electron chi connectivity index (χ4n) is 1.53. The molecule has 1 N–H and O–H groups in total. The third-order valence-corrected chi connectivity index (χ3v) is 3.85. The minimum atomic E-state index is -2.90. The van der Waals surface area contributed by atoms with Gasteiger partial charge in [-0.1, -0.05) is 28.1 Å². The van der Waals surface area contributed by atoms with Crippen LogP contribution >= 0.6 is 15.9 Å². The molecular weight excluding hydrogens is 290 g/mol. The quantitative estimate of drug-likeness (QED) is 0.906. The average Bonchev–Trinajstić information content (AvgIpc) is 2.17. The summed E-state index contributed by atoms with van der Waals surface area (Å²) in [4.78, 5) is 0. The highest BCUT2D eigenvalue weighted by Gasteiger charge is 2.12. The van der Waals surface area contributed by atoms with Crippen molar-refractivity contribution in [1.82, 2.24) is 5.32 Å². The number of sulfone groups is 1. The molecule has 16 heavy (non-hydrogen) atoms. The van der Waals surface area contributed by atoms with Crippen molar-refractivity contribution in [3.05, 3.63) is 34.3 Å². The summed E-state index contributed by atoms with van der Waals surface area (Å²) in [5, 5.41) is 3.13. The molecule has 0 spiro atoms. The molecule has 0 saturated carbocycles. The van der Waals surface area contributed by atoms with Gasteiger partial charge in [0.25, 0.3) is 0 Å². The van der Waals surface area contributed by atoms with Crippen molar-refractivity contribution in [1.29, 1.82) is 0 Å². The molecule has 1 aromatic carbocycles. The normalized spacial score (nSPS) is 13.7. The van der Waals surface area contributed by atoms with Crippen molar-refractivity contribution in [3.63, 3.8) is 0 Å². The molecule has 1 aromatic rings. The predicted octanol–water partition coefficient (Wildman–Crippen LogP) is 2.14. The van der Waals surface area contributed by atoms with Gasteiger partial charge in [0.1, 0.15) is 9.84 Å². The lowest BCUT2D eigenvalue weighted by Crippen LogP contribution is -2.19. The van der Waals surface area contributed by atoms with Gasteiger partial charge in [-0.05, 0) is 31.2 Å². The Morgan fingerprint density at radius 2 is 2.12 bits per heavy atom. The SMILES string of the molecule is CNC(CCS(C)(=O)=O)c1cccc(Br)c1. The molecule has 0 aliphatic rings. The highest BCUT2D eigenvalue weighted by atomic mass is 79.9. The number of hydrogen-bond acceptors (Lipinski definition) is 3. The van der Waals surface area contributed by atoms with Crippen LogP contribution in [0.3, 0.4) is 0 Å². The molecule has 0 amide bonds. The van der Waals surface area contributed by atoms with Gasteiger partial charge < -0.3 is 5.32 Å². The average molecular weight is 306 g/mol. The number of halogens is 1. The molecule has 0 saturated heterocycles. The van der Waals surface area contributed by atoms with Gasteiger partial charge in [-0.3, -0.25) is 0 Å². The predicted molar refractivity (Wildman–Crippen MR) is 70.3 cm³/mol. The van der Waals surface area contributed by atoms with Gasteiger partial charge in [0.2, 0.25) is 0 Å². The van der Waals surface area contributed by atoms with Crippen LogP contribution in [-0.4, -0.2) is 27.5 Å². The van der Waals surface area contributed by atoms with Crippen molar-refractivity contribution < 1.29 is 8.42 Å². The molecule has 0 fully saturated rings. The fraction of sp³-hybridized carbons (Fsp3) is 0.455. The summed E-state index contributed by atoms with van der Waals surface area (Å²) in [5.74, 6) is 0.199. The Labute approximate surface area is 105 Å². The third-order valence-electron chi connectivity index (χ3n) is 2.38. The van der Waals surface area contributed by atoms with Crippen LogP contribution in [0, 0.1) is 0 Å². The Bertz CT molecular complexity index is 445. The van der Waals surface area contributed by atoms with Gasteiger partial charge in [0.05, 0.1) is 5.75 Å². The van der Waals surface area contributed by atoms with Crippen molar-refractivity contribution in [2.24, 2.45) is 0 Å². The van der Waals surface area contributed by atoms with E-state index in [4.69, 9.17) is 0 Å². The Balaban J connectivity index is 2.75. The van der Waals surface area contributed by atoms with Crippen LogP contribution in [0.5, 0.6) is 0 Å². The first-order chi connectivity index (χ1) is 7.42. The second-order valence-corrected chi connectivity index (χ2v) is 6.99. The standard InChI is InChI=1S/C11H16BrNO2S/c1-13-11(6-7-16(2,14)15)9-4-3-5-10(12)8-9/h3-5,8,11,13H,6-7H2,1-2H3. The van der Waals surface area contributed by atoms with Crippen LogP contribution in [0.25, 0.3) is 0 Å². The number of hydrogen-bond donors (Lipinski definition) is 1. The maximum Gasteiger partial charge on any atom is 0.147 e. The van der Waals surface area contributed by atoms with Crippen molar-refractivity contribution in [3.8, 4) is 0 Å². The summed E-state index contributed by atoms with van der Waals surface area (Å²) in [6.45, 7) is 0. The molecule has 0 aliphatic heterocycles. The smallest absolute Gasteiger partial charge is 0.147 e. The maximum absolute atomic E-state index is 11.1. The Hall–Kier alpha value is -0.390. The van der Waals surface area contributed by atoms with E-state index in [9.17, 15) is 8.42 Å². The summed E-state index contributed by atoms with van der Waals surface area (Å²) in [5.41, 5.74) is 1.10. The van der Waals surface area contributed by atoms with Crippen molar-refractivity contribution >= 4 is 25.8 Å². The van der Waals surface area contributed by atoms with E-state index < -0.39 is 9.84 Å². The lowest BCUT2D eigenvalue weighted by atomic mass is 10.1. The van der Waals surface area contributed by atoms with E-state index in [1.807, 2.05) is 31.3 Å². The minimum Gasteiger partial charge on any atom is -0.313 e. The summed E-state index contributed by atoms with van der Waals surface area (Å²) in [7, 11) is -1.06. The minimum absolute atomic E-state index is 0.0761. The van der Waals surface area contributed by atoms with E-state index in [0.717, 1.165) is 10.0 Å². The highest BCUT2D eigenvalue weighted by Crippen LogP contribution is 2.20. The topological polar surface area (TPSA) is 46.2 Å². The first-order valence-corrected chi connectivity index (χ1v) is 7.88. The van der Waals surface area contributed by atoms with Gasteiger partial charge in [-0.25, -0.2) is 8.42 Å². The molecule has 5 heteroatoms. The molecule has 1 atom stereocenters. The summed E-state index contributed by atoms with van der Waals surface area (Å²) in [6, 6.07) is 7.97. The van der Waals surface area contributed by atoms with Crippen molar-refractivity contribution in [2.45, 2.75) is 12.5 Å². The van der Waals surface area contributed by atoms with E-state index in [0.29, 0.717) is 6.42 Å². The van der Waals surface area contributed by atoms with Crippen LogP contribution in [0.4, 0.5) is 0 Å². The van der Waals surface area contributed by atoms with E-state index in [1.165, 1.54) is 6.26 Å². The first-order valence-electron chi connectivity index (χ1n) is 5.03. The fourth-order valence-corrected chi connectivity index (χ4v) is 2.61. The molecule has 1 unspecified atom stereocenters. The van der Waals surface area contributed by atoms with Crippen molar-refractivity contribution in [2.75, 3.05) is 19.1 Å². The molecular formula is C11H16BrNO2S. The molecule has 3 nitrogen and oxygen atoms in total. The second-order valence-electron chi connectivity index (χ2n) is 3.81. The summed E-state index contributed by atoms with van der Waals surface area (Å²) >= 11 is 3.40. The first kappa shape index (κ1) is 13.7. The molecule has 0 aliphatic carbocycles. The molecule has 90 valence electrons. The largest absolute Gasteiger partial charge is 0.313 e. The lowest BCUT2D eigenvalue weighted by molar-refractivity contribution is 0.559. The highest BCUT2D eigenvalue weighted by molar-refractivity contribution is 9.10. The van der Waals surface area contributed by atoms with E-state index in [1.54, 1.807) is 0 Å². The summed E-state index contributed by atoms with van der Waals surface area (Å²) < 4.78 is 23.2. The van der Waals surface area contributed by atoms with Crippen LogP contribution in [-0.2, 0) is 9.84 Å². The van der Waals surface area contributed by atoms with Gasteiger partial charge in [-0.2, -0.15) is 0 Å². The molecule has 0 aromatic heterocycles. The molecule has 1 rings (SSSR count). The molecule has 0 heterocycles. The number of rotatable bonds is 5. The number of benzene rings is 1. The van der Waals surface area contributed by atoms with Gasteiger partial charge in [-0.15, -0.1) is 0 Å². The van der Waals surface area contributed by atoms with Gasteiger partial charge >= 0.3 is 0 Å². The Kier molecular flexibility index (Phi) is 4.95. The second kappa shape index (κ2) is 5.80. The van der Waals surface area contributed by atoms with E-state index in [-0.39, 0.29) is 11.8 Å². The monoisotopic (exact) mass is 305 g/mol. The zero-order chi connectivity index (χ0) is 12.2. The van der Waals surface area contributed by atoms with Gasteiger partial charge in [0.15, 0.2) is 0 Å². The zero-order valence-corrected chi connectivity index (χ0v) is 11.8. The maximum atomic E-state index is 11.1. The zero-order valence-electron chi connectivity index (χ0n) is 9.40. The van der Waals surface area contributed by atoms with E-state index >= 15 is 0 Å². The van der Waals surface area contributed by atoms with Gasteiger partial charge in [0, 0.05) is 16.8 Å². The summed E-state index contributed by atoms with van der Waals surface area (Å²) in [6.07, 6.45) is 1.85. The Morgan fingerprint density at radius 1 is 1.44 bits per heavy atom. The molecule has 0 radical (unpaired) electrons. The molecule has 0 bridgehead atoms. The van der Waals surface area contributed by atoms with Crippen LogP contribution in [0.2, 0.25) is 0 Å². The van der Waals surface area contributed by atoms with E-state index in [2.05, 4.69) is 21.2 Å². The van der Waals surface area contributed by atoms with Crippen LogP contribution in [0.1, 0.15) is 18.0 Å². The van der Waals surface area contributed by atoms with Crippen LogP contribution in [0.15, 0.2) is 28.7 Å². The van der Waals surface area contributed by atoms with Crippen LogP contribution < -0.4 is 5.32 Å².